The van der Waals surface area contributed by atoms with Gasteiger partial charge in [-0.3, -0.25) is 0 Å². The predicted octanol–water partition coefficient (Wildman–Crippen LogP) is 2.41. The van der Waals surface area contributed by atoms with E-state index in [0.717, 1.165) is 13.0 Å². The van der Waals surface area contributed by atoms with Crippen molar-refractivity contribution in [2.75, 3.05) is 99.1 Å². The molecule has 0 spiro atoms. The first-order valence-electron chi connectivity index (χ1n) is 11.5. The smallest absolute Gasteiger partial charge is 0.333 e. The zero-order valence-corrected chi connectivity index (χ0v) is 20.1. The Morgan fingerprint density at radius 3 is 1.16 bits per heavy atom. The first-order chi connectivity index (χ1) is 15.7. The van der Waals surface area contributed by atoms with Gasteiger partial charge in [0.25, 0.3) is 0 Å². The van der Waals surface area contributed by atoms with Crippen molar-refractivity contribution >= 4 is 5.97 Å². The highest BCUT2D eigenvalue weighted by Crippen LogP contribution is 1.94. The fourth-order valence-electron chi connectivity index (χ4n) is 2.19. The van der Waals surface area contributed by atoms with E-state index >= 15 is 0 Å². The maximum Gasteiger partial charge on any atom is 0.333 e. The molecule has 0 aromatic carbocycles. The molecule has 9 nitrogen and oxygen atoms in total. The van der Waals surface area contributed by atoms with Crippen LogP contribution in [0.4, 0.5) is 0 Å². The lowest BCUT2D eigenvalue weighted by Crippen LogP contribution is -2.15. The van der Waals surface area contributed by atoms with Gasteiger partial charge in [0.15, 0.2) is 0 Å². The molecule has 0 aromatic rings. The molecule has 0 unspecified atom stereocenters. The van der Waals surface area contributed by atoms with Crippen LogP contribution in [-0.2, 0) is 42.7 Å². The molecule has 0 aliphatic carbocycles. The number of hydrogen-bond donors (Lipinski definition) is 0. The second-order valence-corrected chi connectivity index (χ2v) is 6.91. The summed E-state index contributed by atoms with van der Waals surface area (Å²) in [6.45, 7) is 15.0. The first kappa shape index (κ1) is 30.9. The summed E-state index contributed by atoms with van der Waals surface area (Å²) in [5, 5.41) is 0. The van der Waals surface area contributed by atoms with E-state index in [2.05, 4.69) is 13.5 Å². The molecule has 0 aromatic heterocycles. The number of hydrogen-bond acceptors (Lipinski definition) is 9. The lowest BCUT2D eigenvalue weighted by Gasteiger charge is -2.08. The molecular formula is C23H44O9. The van der Waals surface area contributed by atoms with Crippen molar-refractivity contribution in [1.82, 2.24) is 0 Å². The highest BCUT2D eigenvalue weighted by molar-refractivity contribution is 5.86. The average Bonchev–Trinajstić information content (AvgIpc) is 2.78. The van der Waals surface area contributed by atoms with Crippen LogP contribution in [-0.4, -0.2) is 105 Å². The molecule has 0 aliphatic heterocycles. The summed E-state index contributed by atoms with van der Waals surface area (Å²) in [4.78, 5) is 11.1. The molecule has 0 amide bonds. The fraction of sp³-hybridized carbons (Fsp3) is 0.870. The van der Waals surface area contributed by atoms with Crippen molar-refractivity contribution in [3.05, 3.63) is 12.2 Å². The minimum Gasteiger partial charge on any atom is -0.460 e. The molecule has 0 saturated carbocycles. The number of esters is 1. The van der Waals surface area contributed by atoms with E-state index in [4.69, 9.17) is 37.9 Å². The monoisotopic (exact) mass is 464 g/mol. The Labute approximate surface area is 193 Å². The second kappa shape index (κ2) is 26.2. The molecule has 0 rings (SSSR count). The van der Waals surface area contributed by atoms with E-state index < -0.39 is 5.97 Å². The second-order valence-electron chi connectivity index (χ2n) is 6.91. The molecule has 0 heterocycles. The van der Waals surface area contributed by atoms with Crippen molar-refractivity contribution in [3.8, 4) is 0 Å². The summed E-state index contributed by atoms with van der Waals surface area (Å²) in [7, 11) is 0. The molecular weight excluding hydrogens is 420 g/mol. The first-order valence-corrected chi connectivity index (χ1v) is 11.5. The van der Waals surface area contributed by atoms with E-state index in [9.17, 15) is 4.79 Å². The van der Waals surface area contributed by atoms with Gasteiger partial charge in [-0.25, -0.2) is 4.79 Å². The van der Waals surface area contributed by atoms with Crippen molar-refractivity contribution in [3.63, 3.8) is 0 Å². The summed E-state index contributed by atoms with van der Waals surface area (Å²) in [5.74, 6) is -0.405. The van der Waals surface area contributed by atoms with E-state index in [1.165, 1.54) is 12.8 Å². The van der Waals surface area contributed by atoms with Gasteiger partial charge < -0.3 is 37.9 Å². The zero-order valence-electron chi connectivity index (χ0n) is 20.1. The maximum atomic E-state index is 11.1. The minimum absolute atomic E-state index is 0.211. The SMILES string of the molecule is C=C(C)C(=O)OCCOCCOCCOCCOCCOCCOCCOCCCCC. The Morgan fingerprint density at radius 1 is 0.531 bits per heavy atom. The van der Waals surface area contributed by atoms with Crippen LogP contribution in [0, 0.1) is 0 Å². The van der Waals surface area contributed by atoms with Crippen LogP contribution in [0.5, 0.6) is 0 Å². The summed E-state index contributed by atoms with van der Waals surface area (Å²) < 4.78 is 42.7. The van der Waals surface area contributed by atoms with Crippen LogP contribution in [0.3, 0.4) is 0 Å². The standard InChI is InChI=1S/C23H44O9/c1-4-5-6-7-25-8-9-26-10-11-27-12-13-28-14-15-29-16-17-30-18-19-31-20-21-32-23(24)22(2)3/h2,4-21H2,1,3H3. The van der Waals surface area contributed by atoms with E-state index in [0.29, 0.717) is 91.5 Å². The number of ether oxygens (including phenoxy) is 8. The van der Waals surface area contributed by atoms with Gasteiger partial charge in [-0.15, -0.1) is 0 Å². The molecule has 0 fully saturated rings. The van der Waals surface area contributed by atoms with Crippen LogP contribution in [0.2, 0.25) is 0 Å². The third kappa shape index (κ3) is 25.2. The van der Waals surface area contributed by atoms with E-state index in [1.54, 1.807) is 6.92 Å². The quantitative estimate of drug-likeness (QED) is 0.109. The van der Waals surface area contributed by atoms with Gasteiger partial charge in [-0.2, -0.15) is 0 Å². The highest BCUT2D eigenvalue weighted by atomic mass is 16.6. The topological polar surface area (TPSA) is 90.9 Å². The molecule has 0 bridgehead atoms. The van der Waals surface area contributed by atoms with Crippen molar-refractivity contribution in [1.29, 1.82) is 0 Å². The average molecular weight is 465 g/mol. The summed E-state index contributed by atoms with van der Waals surface area (Å²) >= 11 is 0. The fourth-order valence-corrected chi connectivity index (χ4v) is 2.19. The third-order valence-corrected chi connectivity index (χ3v) is 3.93. The normalized spacial score (nSPS) is 11.1. The van der Waals surface area contributed by atoms with Crippen LogP contribution >= 0.6 is 0 Å². The molecule has 0 aliphatic rings. The van der Waals surface area contributed by atoms with Crippen molar-refractivity contribution in [2.24, 2.45) is 0 Å². The zero-order chi connectivity index (χ0) is 23.5. The predicted molar refractivity (Wildman–Crippen MR) is 121 cm³/mol. The Morgan fingerprint density at radius 2 is 0.844 bits per heavy atom. The van der Waals surface area contributed by atoms with E-state index in [1.807, 2.05) is 0 Å². The molecule has 32 heavy (non-hydrogen) atoms. The third-order valence-electron chi connectivity index (χ3n) is 3.93. The Hall–Kier alpha value is -1.07. The number of carbonyl (C=O) groups is 1. The Balaban J connectivity index is 3.05. The van der Waals surface area contributed by atoms with Crippen LogP contribution in [0.15, 0.2) is 12.2 Å². The lowest BCUT2D eigenvalue weighted by atomic mass is 10.3. The lowest BCUT2D eigenvalue weighted by molar-refractivity contribution is -0.140. The molecule has 0 N–H and O–H groups in total. The summed E-state index contributed by atoms with van der Waals surface area (Å²) in [6, 6.07) is 0. The largest absolute Gasteiger partial charge is 0.460 e. The molecule has 0 atom stereocenters. The number of unbranched alkanes of at least 4 members (excludes halogenated alkanes) is 2. The van der Waals surface area contributed by atoms with Crippen LogP contribution < -0.4 is 0 Å². The number of carbonyl (C=O) groups excluding carboxylic acids is 1. The van der Waals surface area contributed by atoms with Gasteiger partial charge in [0.1, 0.15) is 6.61 Å². The van der Waals surface area contributed by atoms with Crippen molar-refractivity contribution in [2.45, 2.75) is 33.1 Å². The summed E-state index contributed by atoms with van der Waals surface area (Å²) in [6.07, 6.45) is 3.54. The van der Waals surface area contributed by atoms with Gasteiger partial charge >= 0.3 is 5.97 Å². The molecule has 9 heteroatoms. The Kier molecular flexibility index (Phi) is 25.3. The molecule has 0 saturated heterocycles. The van der Waals surface area contributed by atoms with Gasteiger partial charge in [-0.1, -0.05) is 26.3 Å². The maximum absolute atomic E-state index is 11.1. The Bertz CT molecular complexity index is 418. The minimum atomic E-state index is -0.405. The van der Waals surface area contributed by atoms with Crippen LogP contribution in [0.1, 0.15) is 33.1 Å². The van der Waals surface area contributed by atoms with E-state index in [-0.39, 0.29) is 6.61 Å². The van der Waals surface area contributed by atoms with Crippen LogP contribution in [0.25, 0.3) is 0 Å². The van der Waals surface area contributed by atoms with Gasteiger partial charge in [0.05, 0.1) is 85.9 Å². The number of rotatable bonds is 26. The highest BCUT2D eigenvalue weighted by Gasteiger charge is 2.01. The van der Waals surface area contributed by atoms with Gasteiger partial charge in [0.2, 0.25) is 0 Å². The molecule has 190 valence electrons. The summed E-state index contributed by atoms with van der Waals surface area (Å²) in [5.41, 5.74) is 0.378. The van der Waals surface area contributed by atoms with Gasteiger partial charge in [-0.05, 0) is 13.3 Å². The van der Waals surface area contributed by atoms with Crippen molar-refractivity contribution < 1.29 is 42.7 Å². The molecule has 0 radical (unpaired) electrons. The van der Waals surface area contributed by atoms with Gasteiger partial charge in [0, 0.05) is 12.2 Å².